The third kappa shape index (κ3) is 2.50. The molecule has 3 aromatic rings. The molecule has 0 aliphatic carbocycles. The van der Waals surface area contributed by atoms with E-state index in [4.69, 9.17) is 15.2 Å². The number of fused-ring (bicyclic) bond motifs is 1. The minimum Gasteiger partial charge on any atom is -0.334 e. The molecule has 0 saturated carbocycles. The SMILES string of the molecule is CCc1nc2ccc(-c3nc(CN)no3)cc2nc1CC. The summed E-state index contributed by atoms with van der Waals surface area (Å²) in [5.74, 6) is 0.948. The smallest absolute Gasteiger partial charge is 0.258 e. The summed E-state index contributed by atoms with van der Waals surface area (Å²) in [6.07, 6.45) is 1.76. The van der Waals surface area contributed by atoms with E-state index in [2.05, 4.69) is 29.0 Å². The van der Waals surface area contributed by atoms with Gasteiger partial charge in [0.05, 0.1) is 29.0 Å². The largest absolute Gasteiger partial charge is 0.334 e. The zero-order valence-electron chi connectivity index (χ0n) is 12.1. The molecule has 0 fully saturated rings. The van der Waals surface area contributed by atoms with Crippen molar-refractivity contribution < 1.29 is 4.52 Å². The predicted octanol–water partition coefficient (Wildman–Crippen LogP) is 2.26. The van der Waals surface area contributed by atoms with E-state index in [-0.39, 0.29) is 6.54 Å². The summed E-state index contributed by atoms with van der Waals surface area (Å²) < 4.78 is 5.20. The van der Waals surface area contributed by atoms with Gasteiger partial charge in [0.25, 0.3) is 5.89 Å². The Morgan fingerprint density at radius 1 is 1.00 bits per heavy atom. The van der Waals surface area contributed by atoms with Gasteiger partial charge in [-0.25, -0.2) is 9.97 Å². The average Bonchev–Trinajstić information content (AvgIpc) is 3.02. The molecule has 2 aromatic heterocycles. The van der Waals surface area contributed by atoms with Crippen LogP contribution in [0.25, 0.3) is 22.5 Å². The van der Waals surface area contributed by atoms with Gasteiger partial charge in [-0.15, -0.1) is 0 Å². The Bertz CT molecular complexity index is 781. The molecule has 3 rings (SSSR count). The van der Waals surface area contributed by atoms with Crippen LogP contribution in [0.3, 0.4) is 0 Å². The lowest BCUT2D eigenvalue weighted by atomic mass is 10.1. The minimum atomic E-state index is 0.261. The molecule has 0 saturated heterocycles. The van der Waals surface area contributed by atoms with E-state index in [1.54, 1.807) is 0 Å². The summed E-state index contributed by atoms with van der Waals surface area (Å²) in [6, 6.07) is 5.77. The number of nitrogens with zero attached hydrogens (tertiary/aromatic N) is 4. The van der Waals surface area contributed by atoms with Gasteiger partial charge in [-0.3, -0.25) is 0 Å². The molecule has 0 bridgehead atoms. The molecule has 0 radical (unpaired) electrons. The van der Waals surface area contributed by atoms with E-state index in [1.807, 2.05) is 18.2 Å². The quantitative estimate of drug-likeness (QED) is 0.789. The van der Waals surface area contributed by atoms with Gasteiger partial charge < -0.3 is 10.3 Å². The lowest BCUT2D eigenvalue weighted by Crippen LogP contribution is -2.00. The Hall–Kier alpha value is -2.34. The number of rotatable bonds is 4. The molecule has 6 heteroatoms. The standard InChI is InChI=1S/C15H17N5O/c1-3-10-11(4-2)18-13-7-9(5-6-12(13)17-10)15-19-14(8-16)20-21-15/h5-7H,3-4,8,16H2,1-2H3. The second kappa shape index (κ2) is 5.57. The van der Waals surface area contributed by atoms with Gasteiger partial charge in [-0.2, -0.15) is 4.98 Å². The van der Waals surface area contributed by atoms with E-state index in [0.29, 0.717) is 11.7 Å². The third-order valence-corrected chi connectivity index (χ3v) is 3.39. The van der Waals surface area contributed by atoms with Crippen LogP contribution in [0.1, 0.15) is 31.1 Å². The molecular weight excluding hydrogens is 266 g/mol. The second-order valence-corrected chi connectivity index (χ2v) is 4.75. The normalized spacial score (nSPS) is 11.2. The molecule has 0 aliphatic rings. The zero-order valence-corrected chi connectivity index (χ0v) is 12.1. The number of benzene rings is 1. The van der Waals surface area contributed by atoms with Gasteiger partial charge in [0.1, 0.15) is 0 Å². The summed E-state index contributed by atoms with van der Waals surface area (Å²) in [4.78, 5) is 13.6. The molecule has 2 heterocycles. The minimum absolute atomic E-state index is 0.261. The maximum Gasteiger partial charge on any atom is 0.258 e. The van der Waals surface area contributed by atoms with Crippen molar-refractivity contribution in [2.24, 2.45) is 5.73 Å². The fourth-order valence-corrected chi connectivity index (χ4v) is 2.28. The molecular formula is C15H17N5O. The molecule has 108 valence electrons. The van der Waals surface area contributed by atoms with Crippen LogP contribution in [0.15, 0.2) is 22.7 Å². The fourth-order valence-electron chi connectivity index (χ4n) is 2.28. The van der Waals surface area contributed by atoms with E-state index in [9.17, 15) is 0 Å². The molecule has 1 aromatic carbocycles. The number of hydrogen-bond acceptors (Lipinski definition) is 6. The number of aromatic nitrogens is 4. The van der Waals surface area contributed by atoms with Crippen LogP contribution < -0.4 is 5.73 Å². The summed E-state index contributed by atoms with van der Waals surface area (Å²) >= 11 is 0. The van der Waals surface area contributed by atoms with Crippen LogP contribution in [0.4, 0.5) is 0 Å². The van der Waals surface area contributed by atoms with Crippen molar-refractivity contribution >= 4 is 11.0 Å². The van der Waals surface area contributed by atoms with E-state index < -0.39 is 0 Å². The van der Waals surface area contributed by atoms with Crippen molar-refractivity contribution in [1.82, 2.24) is 20.1 Å². The monoisotopic (exact) mass is 283 g/mol. The summed E-state index contributed by atoms with van der Waals surface area (Å²) in [5, 5.41) is 3.81. The van der Waals surface area contributed by atoms with Gasteiger partial charge in [0.15, 0.2) is 5.82 Å². The highest BCUT2D eigenvalue weighted by molar-refractivity contribution is 5.79. The van der Waals surface area contributed by atoms with E-state index in [0.717, 1.165) is 40.8 Å². The van der Waals surface area contributed by atoms with Gasteiger partial charge in [0, 0.05) is 5.56 Å². The lowest BCUT2D eigenvalue weighted by molar-refractivity contribution is 0.423. The maximum atomic E-state index is 5.49. The first kappa shape index (κ1) is 13.6. The molecule has 0 aliphatic heterocycles. The zero-order chi connectivity index (χ0) is 14.8. The van der Waals surface area contributed by atoms with Crippen LogP contribution in [0.5, 0.6) is 0 Å². The molecule has 2 N–H and O–H groups in total. The van der Waals surface area contributed by atoms with Gasteiger partial charge in [0.2, 0.25) is 0 Å². The van der Waals surface area contributed by atoms with E-state index >= 15 is 0 Å². The number of aryl methyl sites for hydroxylation is 2. The summed E-state index contributed by atoms with van der Waals surface area (Å²) in [6.45, 7) is 4.44. The lowest BCUT2D eigenvalue weighted by Gasteiger charge is -2.06. The van der Waals surface area contributed by atoms with Crippen LogP contribution in [0, 0.1) is 0 Å². The fraction of sp³-hybridized carbons (Fsp3) is 0.333. The second-order valence-electron chi connectivity index (χ2n) is 4.75. The van der Waals surface area contributed by atoms with Crippen molar-refractivity contribution in [1.29, 1.82) is 0 Å². The molecule has 0 amide bonds. The molecule has 21 heavy (non-hydrogen) atoms. The maximum absolute atomic E-state index is 5.49. The Balaban J connectivity index is 2.10. The van der Waals surface area contributed by atoms with Crippen LogP contribution in [-0.4, -0.2) is 20.1 Å². The van der Waals surface area contributed by atoms with Gasteiger partial charge >= 0.3 is 0 Å². The first-order valence-electron chi connectivity index (χ1n) is 7.07. The molecule has 0 unspecified atom stereocenters. The topological polar surface area (TPSA) is 90.7 Å². The van der Waals surface area contributed by atoms with Gasteiger partial charge in [-0.1, -0.05) is 19.0 Å². The third-order valence-electron chi connectivity index (χ3n) is 3.39. The van der Waals surface area contributed by atoms with Gasteiger partial charge in [-0.05, 0) is 31.0 Å². The Morgan fingerprint density at radius 2 is 1.71 bits per heavy atom. The van der Waals surface area contributed by atoms with Crippen LogP contribution in [0.2, 0.25) is 0 Å². The first-order valence-corrected chi connectivity index (χ1v) is 7.07. The van der Waals surface area contributed by atoms with Crippen molar-refractivity contribution in [3.8, 4) is 11.5 Å². The molecule has 0 atom stereocenters. The highest BCUT2D eigenvalue weighted by Gasteiger charge is 2.11. The number of hydrogen-bond donors (Lipinski definition) is 1. The van der Waals surface area contributed by atoms with Crippen LogP contribution >= 0.6 is 0 Å². The average molecular weight is 283 g/mol. The summed E-state index contributed by atoms with van der Waals surface area (Å²) in [7, 11) is 0. The predicted molar refractivity (Wildman–Crippen MR) is 79.5 cm³/mol. The van der Waals surface area contributed by atoms with Crippen molar-refractivity contribution in [2.75, 3.05) is 0 Å². The van der Waals surface area contributed by atoms with E-state index in [1.165, 1.54) is 0 Å². The van der Waals surface area contributed by atoms with Crippen molar-refractivity contribution in [3.05, 3.63) is 35.4 Å². The highest BCUT2D eigenvalue weighted by Crippen LogP contribution is 2.22. The molecule has 6 nitrogen and oxygen atoms in total. The van der Waals surface area contributed by atoms with Crippen molar-refractivity contribution in [2.45, 2.75) is 33.2 Å². The Kier molecular flexibility index (Phi) is 3.62. The first-order chi connectivity index (χ1) is 10.2. The van der Waals surface area contributed by atoms with Crippen molar-refractivity contribution in [3.63, 3.8) is 0 Å². The Morgan fingerprint density at radius 3 is 2.33 bits per heavy atom. The summed E-state index contributed by atoms with van der Waals surface area (Å²) in [5.41, 5.74) is 10.1. The highest BCUT2D eigenvalue weighted by atomic mass is 16.5. The Labute approximate surface area is 122 Å². The number of nitrogens with two attached hydrogens (primary N) is 1. The molecule has 0 spiro atoms. The van der Waals surface area contributed by atoms with Crippen LogP contribution in [-0.2, 0) is 19.4 Å².